The fourth-order valence-corrected chi connectivity index (χ4v) is 3.96. The number of fused-ring (bicyclic) bond motifs is 1. The monoisotopic (exact) mass is 371 g/mol. The number of aliphatic carboxylic acids is 1. The maximum Gasteiger partial charge on any atom is 0.313 e. The van der Waals surface area contributed by atoms with Gasteiger partial charge in [-0.1, -0.05) is 42.5 Å². The predicted molar refractivity (Wildman–Crippen MR) is 105 cm³/mol. The molecule has 3 aromatic carbocycles. The van der Waals surface area contributed by atoms with E-state index >= 15 is 0 Å². The van der Waals surface area contributed by atoms with E-state index in [1.807, 2.05) is 60.7 Å². The number of nitrogens with one attached hydrogen (secondary N) is 1. The van der Waals surface area contributed by atoms with E-state index in [4.69, 9.17) is 9.84 Å². The first-order valence-corrected chi connectivity index (χ1v) is 9.41. The first-order chi connectivity index (χ1) is 12.2. The van der Waals surface area contributed by atoms with Gasteiger partial charge in [0.1, 0.15) is 5.75 Å². The highest BCUT2D eigenvalue weighted by Gasteiger charge is 2.14. The van der Waals surface area contributed by atoms with E-state index in [1.165, 1.54) is 23.7 Å². The summed E-state index contributed by atoms with van der Waals surface area (Å²) in [4.78, 5) is 12.9. The van der Waals surface area contributed by atoms with Gasteiger partial charge in [0.2, 0.25) is 0 Å². The Balaban J connectivity index is 1.99. The van der Waals surface area contributed by atoms with Crippen molar-refractivity contribution >= 4 is 46.1 Å². The van der Waals surface area contributed by atoms with Crippen LogP contribution in [0.1, 0.15) is 0 Å². The van der Waals surface area contributed by atoms with Crippen LogP contribution in [-0.2, 0) is 4.79 Å². The smallest absolute Gasteiger partial charge is 0.313 e. The minimum Gasteiger partial charge on any atom is -0.495 e. The summed E-state index contributed by atoms with van der Waals surface area (Å²) in [6, 6.07) is 19.9. The lowest BCUT2D eigenvalue weighted by molar-refractivity contribution is -0.133. The molecule has 0 spiro atoms. The van der Waals surface area contributed by atoms with E-state index in [0.717, 1.165) is 26.3 Å². The molecule has 2 N–H and O–H groups in total. The van der Waals surface area contributed by atoms with E-state index in [1.54, 1.807) is 7.11 Å². The summed E-state index contributed by atoms with van der Waals surface area (Å²) in [5.41, 5.74) is 0.929. The molecule has 4 nitrogen and oxygen atoms in total. The summed E-state index contributed by atoms with van der Waals surface area (Å²) in [7, 11) is 1.61. The van der Waals surface area contributed by atoms with Crippen molar-refractivity contribution in [2.45, 2.75) is 9.79 Å². The zero-order valence-electron chi connectivity index (χ0n) is 13.6. The summed E-state index contributed by atoms with van der Waals surface area (Å²) in [6.07, 6.45) is 0. The Morgan fingerprint density at radius 2 is 1.76 bits per heavy atom. The van der Waals surface area contributed by atoms with Gasteiger partial charge in [-0.2, -0.15) is 0 Å². The number of methoxy groups -OCH3 is 1. The van der Waals surface area contributed by atoms with Gasteiger partial charge in [-0.25, -0.2) is 0 Å². The molecule has 3 aromatic rings. The second-order valence-corrected chi connectivity index (χ2v) is 7.10. The lowest BCUT2D eigenvalue weighted by Crippen LogP contribution is -1.99. The number of benzene rings is 3. The minimum absolute atomic E-state index is 0.0139. The SMILES string of the molecule is COc1c(SCC(=O)O)cc(NSc2ccccc2)c2ccccc12. The highest BCUT2D eigenvalue weighted by atomic mass is 32.2. The van der Waals surface area contributed by atoms with Gasteiger partial charge in [-0.15, -0.1) is 11.8 Å². The third kappa shape index (κ3) is 4.21. The number of rotatable bonds is 7. The van der Waals surface area contributed by atoms with E-state index in [-0.39, 0.29) is 5.75 Å². The molecule has 0 atom stereocenters. The fourth-order valence-electron chi connectivity index (χ4n) is 2.47. The molecule has 0 aromatic heterocycles. The van der Waals surface area contributed by atoms with Crippen LogP contribution in [0.4, 0.5) is 5.69 Å². The Kier molecular flexibility index (Phi) is 5.73. The Hall–Kier alpha value is -2.31. The standard InChI is InChI=1S/C19H17NO3S2/c1-23-19-15-10-6-5-9-14(15)16(11-17(19)24-12-18(21)22)20-25-13-7-3-2-4-8-13/h2-11,20H,12H2,1H3,(H,21,22). The quantitative estimate of drug-likeness (QED) is 0.443. The van der Waals surface area contributed by atoms with Crippen molar-refractivity contribution in [3.63, 3.8) is 0 Å². The Bertz CT molecular complexity index is 884. The second-order valence-electron chi connectivity index (χ2n) is 5.20. The van der Waals surface area contributed by atoms with Crippen LogP contribution in [0.3, 0.4) is 0 Å². The number of hydrogen-bond acceptors (Lipinski definition) is 5. The van der Waals surface area contributed by atoms with Gasteiger partial charge in [-0.05, 0) is 30.1 Å². The Morgan fingerprint density at radius 1 is 1.08 bits per heavy atom. The van der Waals surface area contributed by atoms with E-state index in [9.17, 15) is 4.79 Å². The van der Waals surface area contributed by atoms with Crippen LogP contribution in [-0.4, -0.2) is 23.9 Å². The topological polar surface area (TPSA) is 58.6 Å². The summed E-state index contributed by atoms with van der Waals surface area (Å²) in [6.45, 7) is 0. The highest BCUT2D eigenvalue weighted by Crippen LogP contribution is 2.41. The predicted octanol–water partition coefficient (Wildman–Crippen LogP) is 5.14. The maximum absolute atomic E-state index is 11.0. The van der Waals surface area contributed by atoms with Crippen LogP contribution >= 0.6 is 23.7 Å². The zero-order valence-corrected chi connectivity index (χ0v) is 15.2. The zero-order chi connectivity index (χ0) is 17.6. The molecule has 0 saturated heterocycles. The molecule has 0 radical (unpaired) electrons. The number of carbonyl (C=O) groups is 1. The van der Waals surface area contributed by atoms with Crippen molar-refractivity contribution in [1.29, 1.82) is 0 Å². The van der Waals surface area contributed by atoms with Gasteiger partial charge < -0.3 is 14.6 Å². The molecule has 6 heteroatoms. The van der Waals surface area contributed by atoms with Gasteiger partial charge in [-0.3, -0.25) is 4.79 Å². The van der Waals surface area contributed by atoms with Crippen LogP contribution < -0.4 is 9.46 Å². The molecule has 0 bridgehead atoms. The number of ether oxygens (including phenoxy) is 1. The van der Waals surface area contributed by atoms with Crippen LogP contribution in [0.2, 0.25) is 0 Å². The average molecular weight is 371 g/mol. The van der Waals surface area contributed by atoms with Gasteiger partial charge in [0.15, 0.2) is 0 Å². The number of carboxylic acid groups (broad SMARTS) is 1. The lowest BCUT2D eigenvalue weighted by Gasteiger charge is -2.16. The van der Waals surface area contributed by atoms with E-state index in [0.29, 0.717) is 5.75 Å². The molecule has 0 aliphatic carbocycles. The first-order valence-electron chi connectivity index (χ1n) is 7.61. The molecular weight excluding hydrogens is 354 g/mol. The third-order valence-electron chi connectivity index (χ3n) is 3.54. The summed E-state index contributed by atoms with van der Waals surface area (Å²) < 4.78 is 8.94. The summed E-state index contributed by atoms with van der Waals surface area (Å²) in [5, 5.41) is 11.0. The molecule has 0 amide bonds. The molecule has 0 fully saturated rings. The Morgan fingerprint density at radius 3 is 2.44 bits per heavy atom. The van der Waals surface area contributed by atoms with Crippen molar-refractivity contribution in [3.8, 4) is 5.75 Å². The number of thioether (sulfide) groups is 1. The minimum atomic E-state index is -0.853. The molecule has 25 heavy (non-hydrogen) atoms. The van der Waals surface area contributed by atoms with E-state index < -0.39 is 5.97 Å². The molecule has 0 aliphatic heterocycles. The maximum atomic E-state index is 11.0. The molecule has 0 saturated carbocycles. The number of hydrogen-bond donors (Lipinski definition) is 2. The van der Waals surface area contributed by atoms with Crippen LogP contribution in [0, 0.1) is 0 Å². The third-order valence-corrected chi connectivity index (χ3v) is 5.37. The molecule has 0 unspecified atom stereocenters. The summed E-state index contributed by atoms with van der Waals surface area (Å²) in [5.74, 6) is -0.162. The highest BCUT2D eigenvalue weighted by molar-refractivity contribution is 8.00. The second kappa shape index (κ2) is 8.18. The van der Waals surface area contributed by atoms with Crippen molar-refractivity contribution in [1.82, 2.24) is 0 Å². The lowest BCUT2D eigenvalue weighted by atomic mass is 10.1. The van der Waals surface area contributed by atoms with Crippen molar-refractivity contribution in [3.05, 3.63) is 60.7 Å². The number of carboxylic acids is 1. The molecule has 0 aliphatic rings. The van der Waals surface area contributed by atoms with Crippen LogP contribution in [0.25, 0.3) is 10.8 Å². The van der Waals surface area contributed by atoms with E-state index in [2.05, 4.69) is 4.72 Å². The summed E-state index contributed by atoms with van der Waals surface area (Å²) >= 11 is 2.78. The molecule has 3 rings (SSSR count). The largest absolute Gasteiger partial charge is 0.495 e. The van der Waals surface area contributed by atoms with Crippen LogP contribution in [0.15, 0.2) is 70.5 Å². The fraction of sp³-hybridized carbons (Fsp3) is 0.105. The van der Waals surface area contributed by atoms with Gasteiger partial charge in [0.25, 0.3) is 0 Å². The number of anilines is 1. The molecule has 0 heterocycles. The van der Waals surface area contributed by atoms with Crippen molar-refractivity contribution < 1.29 is 14.6 Å². The molecular formula is C19H17NO3S2. The van der Waals surface area contributed by atoms with Gasteiger partial charge in [0.05, 0.1) is 23.4 Å². The van der Waals surface area contributed by atoms with Crippen molar-refractivity contribution in [2.75, 3.05) is 17.6 Å². The van der Waals surface area contributed by atoms with Gasteiger partial charge >= 0.3 is 5.97 Å². The average Bonchev–Trinajstić information content (AvgIpc) is 2.65. The van der Waals surface area contributed by atoms with Crippen LogP contribution in [0.5, 0.6) is 5.75 Å². The van der Waals surface area contributed by atoms with Crippen molar-refractivity contribution in [2.24, 2.45) is 0 Å². The first kappa shape index (κ1) is 17.5. The molecule has 128 valence electrons. The van der Waals surface area contributed by atoms with Gasteiger partial charge in [0, 0.05) is 15.7 Å². The normalized spacial score (nSPS) is 10.6. The Labute approximate surface area is 154 Å².